The van der Waals surface area contributed by atoms with Crippen LogP contribution in [0.5, 0.6) is 0 Å². The summed E-state index contributed by atoms with van der Waals surface area (Å²) in [5.74, 6) is -0.252. The van der Waals surface area contributed by atoms with Crippen LogP contribution in [0.3, 0.4) is 0 Å². The van der Waals surface area contributed by atoms with Crippen LogP contribution in [-0.4, -0.2) is 37.2 Å². The second kappa shape index (κ2) is 5.63. The number of carbonyl (C=O) groups is 2. The van der Waals surface area contributed by atoms with E-state index in [1.807, 2.05) is 36.2 Å². The van der Waals surface area contributed by atoms with Gasteiger partial charge < -0.3 is 20.3 Å². The largest absolute Gasteiger partial charge is 0.444 e. The van der Waals surface area contributed by atoms with Gasteiger partial charge in [-0.15, -0.1) is 0 Å². The molecule has 1 aliphatic heterocycles. The zero-order valence-corrected chi connectivity index (χ0v) is 12.8. The molecule has 0 bridgehead atoms. The zero-order valence-electron chi connectivity index (χ0n) is 12.8. The number of fused-ring (bicyclic) bond motifs is 1. The number of nitrogens with zero attached hydrogens (tertiary/aromatic N) is 1. The third-order valence-corrected chi connectivity index (χ3v) is 3.04. The van der Waals surface area contributed by atoms with Crippen LogP contribution in [0.2, 0.25) is 0 Å². The average Bonchev–Trinajstić information content (AvgIpc) is 2.46. The summed E-state index contributed by atoms with van der Waals surface area (Å²) in [6.45, 7) is 5.72. The maximum Gasteiger partial charge on any atom is 0.408 e. The van der Waals surface area contributed by atoms with Gasteiger partial charge >= 0.3 is 6.09 Å². The van der Waals surface area contributed by atoms with E-state index in [4.69, 9.17) is 4.74 Å². The van der Waals surface area contributed by atoms with Crippen LogP contribution in [-0.2, 0) is 9.53 Å². The van der Waals surface area contributed by atoms with Crippen molar-refractivity contribution in [3.8, 4) is 0 Å². The highest BCUT2D eigenvalue weighted by atomic mass is 16.6. The van der Waals surface area contributed by atoms with E-state index in [0.29, 0.717) is 6.54 Å². The molecule has 114 valence electrons. The fourth-order valence-electron chi connectivity index (χ4n) is 2.15. The Morgan fingerprint density at radius 1 is 1.38 bits per heavy atom. The van der Waals surface area contributed by atoms with Crippen molar-refractivity contribution in [1.82, 2.24) is 5.32 Å². The zero-order chi connectivity index (χ0) is 15.6. The third-order valence-electron chi connectivity index (χ3n) is 3.04. The van der Waals surface area contributed by atoms with Gasteiger partial charge in [0, 0.05) is 13.6 Å². The van der Waals surface area contributed by atoms with E-state index in [1.165, 1.54) is 0 Å². The standard InChI is InChI=1S/C15H21N3O3/c1-15(2,3)21-14(20)17-11-9-18(4)12-8-6-5-7-10(12)16-13(11)19/h5-8,11H,9H2,1-4H3,(H,16,19)(H,17,20)/t11-/m0/s1. The summed E-state index contributed by atoms with van der Waals surface area (Å²) in [4.78, 5) is 26.0. The number of ether oxygens (including phenoxy) is 1. The molecule has 0 spiro atoms. The topological polar surface area (TPSA) is 70.7 Å². The van der Waals surface area contributed by atoms with Gasteiger partial charge in [0.05, 0.1) is 11.4 Å². The molecule has 2 amide bonds. The first-order valence-corrected chi connectivity index (χ1v) is 6.87. The van der Waals surface area contributed by atoms with E-state index < -0.39 is 17.7 Å². The maximum atomic E-state index is 12.2. The molecule has 6 heteroatoms. The number of rotatable bonds is 1. The van der Waals surface area contributed by atoms with Crippen LogP contribution in [0.4, 0.5) is 16.2 Å². The van der Waals surface area contributed by atoms with Crippen molar-refractivity contribution >= 4 is 23.4 Å². The molecule has 0 fully saturated rings. The molecule has 0 saturated carbocycles. The van der Waals surface area contributed by atoms with Crippen LogP contribution in [0.1, 0.15) is 20.8 Å². The second-order valence-corrected chi connectivity index (χ2v) is 6.09. The first-order chi connectivity index (χ1) is 9.76. The third kappa shape index (κ3) is 3.87. The SMILES string of the molecule is CN1C[C@H](NC(=O)OC(C)(C)C)C(=O)Nc2ccccc21. The molecule has 2 rings (SSSR count). The number of para-hydroxylation sites is 2. The molecule has 1 aromatic rings. The highest BCUT2D eigenvalue weighted by molar-refractivity contribution is 6.01. The van der Waals surface area contributed by atoms with Gasteiger partial charge in [0.2, 0.25) is 5.91 Å². The summed E-state index contributed by atoms with van der Waals surface area (Å²) in [7, 11) is 1.88. The van der Waals surface area contributed by atoms with Gasteiger partial charge in [-0.3, -0.25) is 4.79 Å². The van der Waals surface area contributed by atoms with Gasteiger partial charge in [-0.1, -0.05) is 12.1 Å². The molecular weight excluding hydrogens is 270 g/mol. The Kier molecular flexibility index (Phi) is 4.06. The van der Waals surface area contributed by atoms with Crippen molar-refractivity contribution in [3.05, 3.63) is 24.3 Å². The number of likely N-dealkylation sites (N-methyl/N-ethyl adjacent to an activating group) is 1. The Morgan fingerprint density at radius 2 is 2.05 bits per heavy atom. The normalized spacial score (nSPS) is 18.4. The fraction of sp³-hybridized carbons (Fsp3) is 0.467. The van der Waals surface area contributed by atoms with E-state index in [1.54, 1.807) is 20.8 Å². The van der Waals surface area contributed by atoms with Gasteiger partial charge in [0.25, 0.3) is 0 Å². The molecule has 0 unspecified atom stereocenters. The number of alkyl carbamates (subject to hydrolysis) is 1. The van der Waals surface area contributed by atoms with Crippen molar-refractivity contribution in [2.24, 2.45) is 0 Å². The summed E-state index contributed by atoms with van der Waals surface area (Å²) in [6, 6.07) is 6.85. The highest BCUT2D eigenvalue weighted by Crippen LogP contribution is 2.27. The van der Waals surface area contributed by atoms with Crippen molar-refractivity contribution < 1.29 is 14.3 Å². The molecule has 1 aromatic carbocycles. The lowest BCUT2D eigenvalue weighted by molar-refractivity contribution is -0.117. The molecule has 2 N–H and O–H groups in total. The molecule has 1 aliphatic rings. The molecule has 0 radical (unpaired) electrons. The Labute approximate surface area is 124 Å². The number of nitrogens with one attached hydrogen (secondary N) is 2. The summed E-state index contributed by atoms with van der Waals surface area (Å²) in [5, 5.41) is 5.44. The predicted octanol–water partition coefficient (Wildman–Crippen LogP) is 1.97. The first-order valence-electron chi connectivity index (χ1n) is 6.87. The van der Waals surface area contributed by atoms with Crippen molar-refractivity contribution in [2.45, 2.75) is 32.4 Å². The van der Waals surface area contributed by atoms with Gasteiger partial charge in [-0.05, 0) is 32.9 Å². The smallest absolute Gasteiger partial charge is 0.408 e. The number of benzene rings is 1. The lowest BCUT2D eigenvalue weighted by atomic mass is 10.2. The number of carbonyl (C=O) groups excluding carboxylic acids is 2. The first kappa shape index (κ1) is 15.2. The van der Waals surface area contributed by atoms with Gasteiger partial charge in [0.1, 0.15) is 11.6 Å². The maximum absolute atomic E-state index is 12.2. The second-order valence-electron chi connectivity index (χ2n) is 6.09. The molecule has 0 aliphatic carbocycles. The molecule has 6 nitrogen and oxygen atoms in total. The van der Waals surface area contributed by atoms with Gasteiger partial charge in [0.15, 0.2) is 0 Å². The van der Waals surface area contributed by atoms with E-state index in [0.717, 1.165) is 11.4 Å². The van der Waals surface area contributed by atoms with Crippen molar-refractivity contribution in [2.75, 3.05) is 23.8 Å². The monoisotopic (exact) mass is 291 g/mol. The molecule has 0 aromatic heterocycles. The van der Waals surface area contributed by atoms with Crippen LogP contribution < -0.4 is 15.5 Å². The Balaban J connectivity index is 2.10. The van der Waals surface area contributed by atoms with E-state index in [-0.39, 0.29) is 5.91 Å². The highest BCUT2D eigenvalue weighted by Gasteiger charge is 2.29. The minimum absolute atomic E-state index is 0.252. The summed E-state index contributed by atoms with van der Waals surface area (Å²) in [5.41, 5.74) is 1.05. The quantitative estimate of drug-likeness (QED) is 0.830. The van der Waals surface area contributed by atoms with Crippen LogP contribution >= 0.6 is 0 Å². The van der Waals surface area contributed by atoms with Crippen molar-refractivity contribution in [3.63, 3.8) is 0 Å². The summed E-state index contributed by atoms with van der Waals surface area (Å²) >= 11 is 0. The number of amides is 2. The predicted molar refractivity (Wildman–Crippen MR) is 81.5 cm³/mol. The number of anilines is 2. The van der Waals surface area contributed by atoms with E-state index in [2.05, 4.69) is 10.6 Å². The van der Waals surface area contributed by atoms with Crippen molar-refractivity contribution in [1.29, 1.82) is 0 Å². The molecular formula is C15H21N3O3. The summed E-state index contributed by atoms with van der Waals surface area (Å²) < 4.78 is 5.19. The molecule has 1 atom stereocenters. The minimum atomic E-state index is -0.669. The lowest BCUT2D eigenvalue weighted by Gasteiger charge is -2.24. The Hall–Kier alpha value is -2.24. The van der Waals surface area contributed by atoms with E-state index in [9.17, 15) is 9.59 Å². The van der Waals surface area contributed by atoms with Crippen LogP contribution in [0, 0.1) is 0 Å². The Bertz CT molecular complexity index is 551. The Morgan fingerprint density at radius 3 is 2.71 bits per heavy atom. The van der Waals surface area contributed by atoms with Crippen LogP contribution in [0.15, 0.2) is 24.3 Å². The molecule has 21 heavy (non-hydrogen) atoms. The van der Waals surface area contributed by atoms with E-state index >= 15 is 0 Å². The summed E-state index contributed by atoms with van der Waals surface area (Å²) in [6.07, 6.45) is -0.595. The molecule has 1 heterocycles. The molecule has 0 saturated heterocycles. The van der Waals surface area contributed by atoms with Crippen LogP contribution in [0.25, 0.3) is 0 Å². The van der Waals surface area contributed by atoms with Gasteiger partial charge in [-0.2, -0.15) is 0 Å². The number of hydrogen-bond donors (Lipinski definition) is 2. The van der Waals surface area contributed by atoms with Gasteiger partial charge in [-0.25, -0.2) is 4.79 Å². The minimum Gasteiger partial charge on any atom is -0.444 e. The lowest BCUT2D eigenvalue weighted by Crippen LogP contribution is -2.49. The fourth-order valence-corrected chi connectivity index (χ4v) is 2.15. The number of hydrogen-bond acceptors (Lipinski definition) is 4. The average molecular weight is 291 g/mol.